The van der Waals surface area contributed by atoms with E-state index in [4.69, 9.17) is 0 Å². The predicted molar refractivity (Wildman–Crippen MR) is 103 cm³/mol. The molecule has 10 heteroatoms. The molecule has 0 unspecified atom stereocenters. The van der Waals surface area contributed by atoms with Gasteiger partial charge in [-0.1, -0.05) is 12.1 Å². The van der Waals surface area contributed by atoms with Gasteiger partial charge in [-0.25, -0.2) is 12.8 Å². The molecule has 0 aliphatic heterocycles. The highest BCUT2D eigenvalue weighted by atomic mass is 32.2. The van der Waals surface area contributed by atoms with Crippen LogP contribution in [0.3, 0.4) is 0 Å². The second-order valence-electron chi connectivity index (χ2n) is 6.17. The first kappa shape index (κ1) is 21.3. The van der Waals surface area contributed by atoms with Crippen molar-refractivity contribution in [3.05, 3.63) is 89.7 Å². The summed E-state index contributed by atoms with van der Waals surface area (Å²) in [4.78, 5) is 11.9. The van der Waals surface area contributed by atoms with Gasteiger partial charge in [0.2, 0.25) is 0 Å². The number of halogens is 4. The van der Waals surface area contributed by atoms with E-state index in [1.54, 1.807) is 0 Å². The molecule has 0 spiro atoms. The van der Waals surface area contributed by atoms with Gasteiger partial charge in [-0.05, 0) is 60.7 Å². The summed E-state index contributed by atoms with van der Waals surface area (Å²) in [5.74, 6) is -1.17. The number of nitrogens with one attached hydrogen (secondary N) is 2. The first-order valence-electron chi connectivity index (χ1n) is 8.42. The van der Waals surface area contributed by atoms with Crippen LogP contribution in [-0.2, 0) is 16.2 Å². The molecule has 0 saturated carbocycles. The lowest BCUT2D eigenvalue weighted by molar-refractivity contribution is -0.137. The standard InChI is InChI=1S/C20H14F4N2O3S/c21-15-5-1-3-13(11-15)19(27)25-16-7-9-18(10-8-16)30(28,29)26-17-6-2-4-14(12-17)20(22,23)24/h1-12,26H,(H,25,27). The van der Waals surface area contributed by atoms with Gasteiger partial charge in [0.15, 0.2) is 0 Å². The SMILES string of the molecule is O=C(Nc1ccc(S(=O)(=O)Nc2cccc(C(F)(F)F)c2)cc1)c1cccc(F)c1. The molecule has 5 nitrogen and oxygen atoms in total. The minimum Gasteiger partial charge on any atom is -0.322 e. The third-order valence-corrected chi connectivity index (χ3v) is 5.35. The van der Waals surface area contributed by atoms with Crippen LogP contribution in [0.25, 0.3) is 0 Å². The van der Waals surface area contributed by atoms with Gasteiger partial charge in [0, 0.05) is 16.9 Å². The smallest absolute Gasteiger partial charge is 0.322 e. The Kier molecular flexibility index (Phi) is 5.79. The van der Waals surface area contributed by atoms with Crippen molar-refractivity contribution in [2.24, 2.45) is 0 Å². The second kappa shape index (κ2) is 8.15. The molecule has 0 atom stereocenters. The van der Waals surface area contributed by atoms with Gasteiger partial charge in [0.05, 0.1) is 10.5 Å². The Labute approximate surface area is 169 Å². The van der Waals surface area contributed by atoms with Gasteiger partial charge in [-0.15, -0.1) is 0 Å². The number of benzene rings is 3. The Balaban J connectivity index is 1.74. The molecular weight excluding hydrogens is 424 g/mol. The number of hydrogen-bond acceptors (Lipinski definition) is 3. The molecular formula is C20H14F4N2O3S. The molecule has 3 aromatic carbocycles. The van der Waals surface area contributed by atoms with E-state index >= 15 is 0 Å². The minimum atomic E-state index is -4.61. The zero-order valence-electron chi connectivity index (χ0n) is 15.1. The summed E-state index contributed by atoms with van der Waals surface area (Å²) in [6.45, 7) is 0. The summed E-state index contributed by atoms with van der Waals surface area (Å²) in [7, 11) is -4.16. The van der Waals surface area contributed by atoms with Gasteiger partial charge in [-0.2, -0.15) is 13.2 Å². The van der Waals surface area contributed by atoms with E-state index in [-0.39, 0.29) is 21.8 Å². The number of sulfonamides is 1. The molecule has 0 heterocycles. The Bertz CT molecular complexity index is 1180. The molecule has 30 heavy (non-hydrogen) atoms. The number of rotatable bonds is 5. The number of anilines is 2. The first-order chi connectivity index (χ1) is 14.0. The number of carbonyl (C=O) groups is 1. The quantitative estimate of drug-likeness (QED) is 0.557. The topological polar surface area (TPSA) is 75.3 Å². The van der Waals surface area contributed by atoms with Crippen molar-refractivity contribution in [2.75, 3.05) is 10.0 Å². The molecule has 156 valence electrons. The lowest BCUT2D eigenvalue weighted by atomic mass is 10.2. The molecule has 2 N–H and O–H groups in total. The van der Waals surface area contributed by atoms with Gasteiger partial charge in [-0.3, -0.25) is 9.52 Å². The Morgan fingerprint density at radius 2 is 1.50 bits per heavy atom. The van der Waals surface area contributed by atoms with Crippen molar-refractivity contribution in [1.29, 1.82) is 0 Å². The van der Waals surface area contributed by atoms with Crippen LogP contribution in [0.1, 0.15) is 15.9 Å². The third kappa shape index (κ3) is 5.15. The van der Waals surface area contributed by atoms with Crippen LogP contribution < -0.4 is 10.0 Å². The molecule has 0 bridgehead atoms. The molecule has 3 aromatic rings. The van der Waals surface area contributed by atoms with E-state index < -0.39 is 33.5 Å². The zero-order chi connectivity index (χ0) is 21.9. The summed E-state index contributed by atoms with van der Waals surface area (Å²) < 4.78 is 78.5. The maximum absolute atomic E-state index is 13.2. The number of alkyl halides is 3. The van der Waals surface area contributed by atoms with Crippen molar-refractivity contribution >= 4 is 27.3 Å². The second-order valence-corrected chi connectivity index (χ2v) is 7.86. The van der Waals surface area contributed by atoms with E-state index in [0.717, 1.165) is 18.2 Å². The Morgan fingerprint density at radius 3 is 2.13 bits per heavy atom. The Morgan fingerprint density at radius 1 is 0.833 bits per heavy atom. The fourth-order valence-electron chi connectivity index (χ4n) is 2.52. The van der Waals surface area contributed by atoms with E-state index in [1.165, 1.54) is 48.5 Å². The van der Waals surface area contributed by atoms with Crippen molar-refractivity contribution in [3.63, 3.8) is 0 Å². The largest absolute Gasteiger partial charge is 0.416 e. The maximum Gasteiger partial charge on any atom is 0.416 e. The minimum absolute atomic E-state index is 0.0814. The van der Waals surface area contributed by atoms with E-state index in [2.05, 4.69) is 10.0 Å². The van der Waals surface area contributed by atoms with Gasteiger partial charge >= 0.3 is 6.18 Å². The van der Waals surface area contributed by atoms with Crippen LogP contribution in [0.5, 0.6) is 0 Å². The van der Waals surface area contributed by atoms with E-state index in [0.29, 0.717) is 6.07 Å². The van der Waals surface area contributed by atoms with Crippen LogP contribution in [0.15, 0.2) is 77.7 Å². The molecule has 1 amide bonds. The number of hydrogen-bond donors (Lipinski definition) is 2. The Hall–Kier alpha value is -3.40. The molecule has 0 aromatic heterocycles. The molecule has 3 rings (SSSR count). The highest BCUT2D eigenvalue weighted by molar-refractivity contribution is 7.92. The van der Waals surface area contributed by atoms with Crippen molar-refractivity contribution in [2.45, 2.75) is 11.1 Å². The summed E-state index contributed by atoms with van der Waals surface area (Å²) in [5.41, 5.74) is -0.897. The van der Waals surface area contributed by atoms with Crippen LogP contribution in [0.2, 0.25) is 0 Å². The fourth-order valence-corrected chi connectivity index (χ4v) is 3.57. The van der Waals surface area contributed by atoms with Crippen molar-refractivity contribution in [3.8, 4) is 0 Å². The zero-order valence-corrected chi connectivity index (χ0v) is 15.9. The monoisotopic (exact) mass is 438 g/mol. The molecule has 0 aliphatic carbocycles. The van der Waals surface area contributed by atoms with Gasteiger partial charge in [0.1, 0.15) is 5.82 Å². The summed E-state index contributed by atoms with van der Waals surface area (Å²) in [6, 6.07) is 13.8. The van der Waals surface area contributed by atoms with Crippen LogP contribution in [0.4, 0.5) is 28.9 Å². The predicted octanol–water partition coefficient (Wildman–Crippen LogP) is 4.90. The van der Waals surface area contributed by atoms with E-state index in [9.17, 15) is 30.8 Å². The lowest BCUT2D eigenvalue weighted by Crippen LogP contribution is -2.15. The molecule has 0 fully saturated rings. The molecule has 0 saturated heterocycles. The van der Waals surface area contributed by atoms with Crippen LogP contribution >= 0.6 is 0 Å². The van der Waals surface area contributed by atoms with E-state index in [1.807, 2.05) is 0 Å². The van der Waals surface area contributed by atoms with Crippen molar-refractivity contribution in [1.82, 2.24) is 0 Å². The summed E-state index contributed by atoms with van der Waals surface area (Å²) >= 11 is 0. The normalized spacial score (nSPS) is 11.7. The van der Waals surface area contributed by atoms with Crippen LogP contribution in [-0.4, -0.2) is 14.3 Å². The third-order valence-electron chi connectivity index (χ3n) is 3.95. The number of amides is 1. The van der Waals surface area contributed by atoms with Gasteiger partial charge in [0.25, 0.3) is 15.9 Å². The number of carbonyl (C=O) groups excluding carboxylic acids is 1. The average Bonchev–Trinajstić information content (AvgIpc) is 2.67. The highest BCUT2D eigenvalue weighted by Gasteiger charge is 2.30. The highest BCUT2D eigenvalue weighted by Crippen LogP contribution is 2.31. The van der Waals surface area contributed by atoms with Crippen molar-refractivity contribution < 1.29 is 30.8 Å². The maximum atomic E-state index is 13.2. The lowest BCUT2D eigenvalue weighted by Gasteiger charge is -2.12. The van der Waals surface area contributed by atoms with Crippen LogP contribution in [0, 0.1) is 5.82 Å². The average molecular weight is 438 g/mol. The first-order valence-corrected chi connectivity index (χ1v) is 9.90. The molecule has 0 radical (unpaired) electrons. The van der Waals surface area contributed by atoms with Gasteiger partial charge < -0.3 is 5.32 Å². The fraction of sp³-hybridized carbons (Fsp3) is 0.0500. The summed E-state index contributed by atoms with van der Waals surface area (Å²) in [5, 5.41) is 2.49. The molecule has 0 aliphatic rings. The summed E-state index contributed by atoms with van der Waals surface area (Å²) in [6.07, 6.45) is -4.61.